The quantitative estimate of drug-likeness (QED) is 0.877. The monoisotopic (exact) mass is 243 g/mol. The predicted molar refractivity (Wildman–Crippen MR) is 71.7 cm³/mol. The van der Waals surface area contributed by atoms with Crippen LogP contribution in [0.3, 0.4) is 0 Å². The number of nitrogens with one attached hydrogen (secondary N) is 1. The summed E-state index contributed by atoms with van der Waals surface area (Å²) in [5.74, 6) is 1.58. The minimum Gasteiger partial charge on any atom is -0.495 e. The molecule has 0 spiro atoms. The molecule has 0 atom stereocenters. The van der Waals surface area contributed by atoms with E-state index in [0.29, 0.717) is 6.54 Å². The van der Waals surface area contributed by atoms with Gasteiger partial charge in [-0.3, -0.25) is 4.98 Å². The van der Waals surface area contributed by atoms with Crippen LogP contribution < -0.4 is 10.1 Å². The molecule has 0 saturated heterocycles. The maximum absolute atomic E-state index is 5.07. The summed E-state index contributed by atoms with van der Waals surface area (Å²) in [6.45, 7) is 2.81. The highest BCUT2D eigenvalue weighted by atomic mass is 16.5. The molecule has 0 saturated carbocycles. The van der Waals surface area contributed by atoms with E-state index in [1.165, 1.54) is 5.56 Å². The Hall–Kier alpha value is -2.10. The number of anilines is 1. The summed E-state index contributed by atoms with van der Waals surface area (Å²) in [6, 6.07) is 7.85. The lowest BCUT2D eigenvalue weighted by Crippen LogP contribution is -2.05. The molecule has 1 N–H and O–H groups in total. The highest BCUT2D eigenvalue weighted by Crippen LogP contribution is 2.13. The Kier molecular flexibility index (Phi) is 4.12. The van der Waals surface area contributed by atoms with Gasteiger partial charge in [-0.2, -0.15) is 0 Å². The van der Waals surface area contributed by atoms with Crippen LogP contribution in [0.4, 0.5) is 5.82 Å². The van der Waals surface area contributed by atoms with Gasteiger partial charge in [-0.15, -0.1) is 0 Å². The second-order valence-electron chi connectivity index (χ2n) is 3.90. The molecule has 2 aromatic rings. The van der Waals surface area contributed by atoms with Crippen LogP contribution in [0.2, 0.25) is 0 Å². The van der Waals surface area contributed by atoms with Gasteiger partial charge in [0, 0.05) is 6.20 Å². The second-order valence-corrected chi connectivity index (χ2v) is 3.90. The summed E-state index contributed by atoms with van der Waals surface area (Å²) in [5, 5.41) is 3.26. The molecule has 94 valence electrons. The van der Waals surface area contributed by atoms with E-state index in [0.717, 1.165) is 23.7 Å². The van der Waals surface area contributed by atoms with Crippen LogP contribution in [0, 0.1) is 0 Å². The van der Waals surface area contributed by atoms with Crippen molar-refractivity contribution >= 4 is 5.82 Å². The molecule has 0 unspecified atom stereocenters. The minimum atomic E-state index is 0.684. The molecule has 0 fully saturated rings. The van der Waals surface area contributed by atoms with Crippen molar-refractivity contribution in [3.63, 3.8) is 0 Å². The standard InChI is InChI=1S/C14H17N3O/c1-3-11-5-4-8-15-13(11)10-17-14-7-6-12(18-2)9-16-14/h4-9H,3,10H2,1-2H3,(H,16,17). The number of rotatable bonds is 5. The van der Waals surface area contributed by atoms with Crippen LogP contribution in [0.15, 0.2) is 36.7 Å². The first-order valence-corrected chi connectivity index (χ1v) is 6.00. The SMILES string of the molecule is CCc1cccnc1CNc1ccc(OC)cn1. The van der Waals surface area contributed by atoms with Crippen molar-refractivity contribution in [2.75, 3.05) is 12.4 Å². The zero-order chi connectivity index (χ0) is 12.8. The smallest absolute Gasteiger partial charge is 0.137 e. The van der Waals surface area contributed by atoms with E-state index >= 15 is 0 Å². The van der Waals surface area contributed by atoms with Crippen LogP contribution in [0.5, 0.6) is 5.75 Å². The number of hydrogen-bond acceptors (Lipinski definition) is 4. The van der Waals surface area contributed by atoms with Gasteiger partial charge >= 0.3 is 0 Å². The number of ether oxygens (including phenoxy) is 1. The van der Waals surface area contributed by atoms with Crippen LogP contribution in [0.1, 0.15) is 18.2 Å². The summed E-state index contributed by atoms with van der Waals surface area (Å²) in [5.41, 5.74) is 2.33. The van der Waals surface area contributed by atoms with E-state index in [1.807, 2.05) is 24.4 Å². The molecule has 0 aliphatic carbocycles. The topological polar surface area (TPSA) is 47.0 Å². The molecule has 0 radical (unpaired) electrons. The number of aromatic nitrogens is 2. The van der Waals surface area contributed by atoms with E-state index in [1.54, 1.807) is 13.3 Å². The Morgan fingerprint density at radius 2 is 2.11 bits per heavy atom. The van der Waals surface area contributed by atoms with Gasteiger partial charge in [0.15, 0.2) is 0 Å². The Labute approximate surface area is 107 Å². The van der Waals surface area contributed by atoms with E-state index in [-0.39, 0.29) is 0 Å². The lowest BCUT2D eigenvalue weighted by atomic mass is 10.1. The second kappa shape index (κ2) is 6.00. The number of pyridine rings is 2. The third-order valence-electron chi connectivity index (χ3n) is 2.77. The van der Waals surface area contributed by atoms with E-state index in [4.69, 9.17) is 4.74 Å². The number of hydrogen-bond donors (Lipinski definition) is 1. The minimum absolute atomic E-state index is 0.684. The van der Waals surface area contributed by atoms with Crippen molar-refractivity contribution in [3.05, 3.63) is 47.9 Å². The molecule has 0 aliphatic heterocycles. The maximum Gasteiger partial charge on any atom is 0.137 e. The zero-order valence-electron chi connectivity index (χ0n) is 10.7. The van der Waals surface area contributed by atoms with Gasteiger partial charge in [-0.05, 0) is 30.2 Å². The molecular weight excluding hydrogens is 226 g/mol. The summed E-state index contributed by atoms with van der Waals surface area (Å²) in [4.78, 5) is 8.64. The summed E-state index contributed by atoms with van der Waals surface area (Å²) >= 11 is 0. The summed E-state index contributed by atoms with van der Waals surface area (Å²) in [6.07, 6.45) is 4.50. The van der Waals surface area contributed by atoms with E-state index in [2.05, 4.69) is 28.3 Å². The fraction of sp³-hybridized carbons (Fsp3) is 0.286. The van der Waals surface area contributed by atoms with Gasteiger partial charge in [0.25, 0.3) is 0 Å². The Morgan fingerprint density at radius 1 is 1.22 bits per heavy atom. The highest BCUT2D eigenvalue weighted by Gasteiger charge is 2.01. The molecule has 18 heavy (non-hydrogen) atoms. The molecular formula is C14H17N3O. The average Bonchev–Trinajstić information content (AvgIpc) is 2.46. The molecule has 2 heterocycles. The van der Waals surface area contributed by atoms with Crippen molar-refractivity contribution in [2.45, 2.75) is 19.9 Å². The van der Waals surface area contributed by atoms with Gasteiger partial charge in [0.05, 0.1) is 25.5 Å². The van der Waals surface area contributed by atoms with Crippen LogP contribution in [-0.4, -0.2) is 17.1 Å². The van der Waals surface area contributed by atoms with Crippen LogP contribution >= 0.6 is 0 Å². The normalized spacial score (nSPS) is 10.1. The van der Waals surface area contributed by atoms with Gasteiger partial charge in [0.1, 0.15) is 11.6 Å². The Bertz CT molecular complexity index is 497. The number of nitrogens with zero attached hydrogens (tertiary/aromatic N) is 2. The lowest BCUT2D eigenvalue weighted by Gasteiger charge is -2.08. The Balaban J connectivity index is 2.02. The third-order valence-corrected chi connectivity index (χ3v) is 2.77. The van der Waals surface area contributed by atoms with Crippen LogP contribution in [-0.2, 0) is 13.0 Å². The number of aryl methyl sites for hydroxylation is 1. The third kappa shape index (κ3) is 2.97. The predicted octanol–water partition coefficient (Wildman–Crippen LogP) is 2.66. The maximum atomic E-state index is 5.07. The first-order chi connectivity index (χ1) is 8.83. The summed E-state index contributed by atoms with van der Waals surface area (Å²) < 4.78 is 5.07. The lowest BCUT2D eigenvalue weighted by molar-refractivity contribution is 0.413. The number of methoxy groups -OCH3 is 1. The molecule has 0 amide bonds. The molecule has 0 aromatic carbocycles. The molecule has 0 aliphatic rings. The fourth-order valence-corrected chi connectivity index (χ4v) is 1.73. The van der Waals surface area contributed by atoms with E-state index in [9.17, 15) is 0 Å². The molecule has 2 rings (SSSR count). The molecule has 4 nitrogen and oxygen atoms in total. The molecule has 0 bridgehead atoms. The van der Waals surface area contributed by atoms with Gasteiger partial charge in [-0.1, -0.05) is 13.0 Å². The van der Waals surface area contributed by atoms with Crippen molar-refractivity contribution in [1.82, 2.24) is 9.97 Å². The van der Waals surface area contributed by atoms with Crippen LogP contribution in [0.25, 0.3) is 0 Å². The summed E-state index contributed by atoms with van der Waals surface area (Å²) in [7, 11) is 1.63. The zero-order valence-corrected chi connectivity index (χ0v) is 10.7. The molecule has 2 aromatic heterocycles. The average molecular weight is 243 g/mol. The largest absolute Gasteiger partial charge is 0.495 e. The van der Waals surface area contributed by atoms with Crippen molar-refractivity contribution in [1.29, 1.82) is 0 Å². The van der Waals surface area contributed by atoms with Crippen molar-refractivity contribution < 1.29 is 4.74 Å². The molecule has 4 heteroatoms. The van der Waals surface area contributed by atoms with Crippen molar-refractivity contribution in [2.24, 2.45) is 0 Å². The fourth-order valence-electron chi connectivity index (χ4n) is 1.73. The van der Waals surface area contributed by atoms with E-state index < -0.39 is 0 Å². The van der Waals surface area contributed by atoms with Gasteiger partial charge in [-0.25, -0.2) is 4.98 Å². The first kappa shape index (κ1) is 12.4. The highest BCUT2D eigenvalue weighted by molar-refractivity contribution is 5.38. The van der Waals surface area contributed by atoms with Crippen molar-refractivity contribution in [3.8, 4) is 5.75 Å². The van der Waals surface area contributed by atoms with Gasteiger partial charge in [0.2, 0.25) is 0 Å². The first-order valence-electron chi connectivity index (χ1n) is 6.00. The van der Waals surface area contributed by atoms with Gasteiger partial charge < -0.3 is 10.1 Å². The Morgan fingerprint density at radius 3 is 2.78 bits per heavy atom.